The molecule has 2 aliphatic rings. The average molecular weight is 365 g/mol. The van der Waals surface area contributed by atoms with Crippen molar-refractivity contribution in [3.8, 4) is 0 Å². The molecule has 1 amide bonds. The maximum Gasteiger partial charge on any atom is 0.277 e. The molecule has 5 nitrogen and oxygen atoms in total. The number of amides is 1. The van der Waals surface area contributed by atoms with Crippen LogP contribution in [0.15, 0.2) is 34.9 Å². The van der Waals surface area contributed by atoms with Crippen LogP contribution in [0, 0.1) is 6.92 Å². The van der Waals surface area contributed by atoms with Gasteiger partial charge in [-0.05, 0) is 87.7 Å². The Morgan fingerprint density at radius 1 is 1.22 bits per heavy atom. The molecule has 4 rings (SSSR count). The molecular formula is C22H27N3O2. The van der Waals surface area contributed by atoms with Gasteiger partial charge in [0.2, 0.25) is 0 Å². The van der Waals surface area contributed by atoms with E-state index in [9.17, 15) is 4.79 Å². The van der Waals surface area contributed by atoms with Crippen LogP contribution in [0.5, 0.6) is 0 Å². The summed E-state index contributed by atoms with van der Waals surface area (Å²) in [7, 11) is 0. The highest BCUT2D eigenvalue weighted by molar-refractivity contribution is 6.04. The zero-order valence-corrected chi connectivity index (χ0v) is 15.9. The molecule has 1 aromatic heterocycles. The SMILES string of the molecule is Cc1cc(C(=O)Nc2ccc(C3CCNCC3)cc2C2=CCCCC2)no1. The Kier molecular flexibility index (Phi) is 5.39. The van der Waals surface area contributed by atoms with E-state index in [0.29, 0.717) is 17.4 Å². The van der Waals surface area contributed by atoms with Crippen LogP contribution in [-0.2, 0) is 0 Å². The topological polar surface area (TPSA) is 67.2 Å². The van der Waals surface area contributed by atoms with Crippen molar-refractivity contribution in [3.63, 3.8) is 0 Å². The number of nitrogens with one attached hydrogen (secondary N) is 2. The summed E-state index contributed by atoms with van der Waals surface area (Å²) in [5.41, 5.74) is 5.08. The number of hydrogen-bond acceptors (Lipinski definition) is 4. The van der Waals surface area contributed by atoms with Crippen LogP contribution in [0.25, 0.3) is 5.57 Å². The van der Waals surface area contributed by atoms with Gasteiger partial charge in [-0.3, -0.25) is 4.79 Å². The van der Waals surface area contributed by atoms with Gasteiger partial charge in [-0.1, -0.05) is 17.3 Å². The molecule has 2 heterocycles. The van der Waals surface area contributed by atoms with E-state index in [1.54, 1.807) is 13.0 Å². The third-order valence-electron chi connectivity index (χ3n) is 5.60. The van der Waals surface area contributed by atoms with Gasteiger partial charge >= 0.3 is 0 Å². The van der Waals surface area contributed by atoms with E-state index >= 15 is 0 Å². The molecule has 0 bridgehead atoms. The Labute approximate surface area is 160 Å². The Bertz CT molecular complexity index is 847. The summed E-state index contributed by atoms with van der Waals surface area (Å²) >= 11 is 0. The van der Waals surface area contributed by atoms with Gasteiger partial charge in [0.1, 0.15) is 5.76 Å². The number of piperidine rings is 1. The van der Waals surface area contributed by atoms with Crippen LogP contribution < -0.4 is 10.6 Å². The van der Waals surface area contributed by atoms with Crippen LogP contribution in [0.2, 0.25) is 0 Å². The minimum Gasteiger partial charge on any atom is -0.361 e. The first kappa shape index (κ1) is 18.0. The van der Waals surface area contributed by atoms with Crippen molar-refractivity contribution in [1.82, 2.24) is 10.5 Å². The Morgan fingerprint density at radius 2 is 2.07 bits per heavy atom. The molecule has 1 fully saturated rings. The Morgan fingerprint density at radius 3 is 2.78 bits per heavy atom. The van der Waals surface area contributed by atoms with Gasteiger partial charge in [-0.15, -0.1) is 0 Å². The van der Waals surface area contributed by atoms with Gasteiger partial charge in [-0.2, -0.15) is 0 Å². The molecule has 0 atom stereocenters. The molecule has 27 heavy (non-hydrogen) atoms. The van der Waals surface area contributed by atoms with Crippen molar-refractivity contribution in [2.24, 2.45) is 0 Å². The van der Waals surface area contributed by atoms with Crippen molar-refractivity contribution in [2.45, 2.75) is 51.4 Å². The van der Waals surface area contributed by atoms with E-state index < -0.39 is 0 Å². The molecule has 2 aromatic rings. The summed E-state index contributed by atoms with van der Waals surface area (Å²) < 4.78 is 5.04. The summed E-state index contributed by atoms with van der Waals surface area (Å²) in [6, 6.07) is 8.20. The molecule has 0 spiro atoms. The van der Waals surface area contributed by atoms with E-state index in [0.717, 1.165) is 31.6 Å². The monoisotopic (exact) mass is 365 g/mol. The number of anilines is 1. The number of benzene rings is 1. The Balaban J connectivity index is 1.64. The van der Waals surface area contributed by atoms with Crippen molar-refractivity contribution >= 4 is 17.2 Å². The number of aryl methyl sites for hydroxylation is 1. The first-order chi connectivity index (χ1) is 13.2. The standard InChI is InChI=1S/C22H27N3O2/c1-15-13-21(25-27-15)22(26)24-20-8-7-18(16-9-11-23-12-10-16)14-19(20)17-5-3-2-4-6-17/h5,7-8,13-14,16,23H,2-4,6,9-12H2,1H3,(H,24,26). The molecule has 142 valence electrons. The first-order valence-corrected chi connectivity index (χ1v) is 9.99. The van der Waals surface area contributed by atoms with E-state index in [2.05, 4.69) is 40.1 Å². The highest BCUT2D eigenvalue weighted by atomic mass is 16.5. The number of nitrogens with zero attached hydrogens (tertiary/aromatic N) is 1. The maximum absolute atomic E-state index is 12.6. The fourth-order valence-corrected chi connectivity index (χ4v) is 4.09. The highest BCUT2D eigenvalue weighted by Gasteiger charge is 2.20. The van der Waals surface area contributed by atoms with Gasteiger partial charge in [0.05, 0.1) is 0 Å². The summed E-state index contributed by atoms with van der Waals surface area (Å²) in [4.78, 5) is 12.6. The number of aromatic nitrogens is 1. The van der Waals surface area contributed by atoms with Crippen molar-refractivity contribution in [3.05, 3.63) is 52.9 Å². The van der Waals surface area contributed by atoms with Crippen LogP contribution in [0.1, 0.15) is 71.8 Å². The maximum atomic E-state index is 12.6. The van der Waals surface area contributed by atoms with Gasteiger partial charge in [0.15, 0.2) is 5.69 Å². The summed E-state index contributed by atoms with van der Waals surface area (Å²) in [6.45, 7) is 3.94. The van der Waals surface area contributed by atoms with Crippen LogP contribution in [0.3, 0.4) is 0 Å². The van der Waals surface area contributed by atoms with Gasteiger partial charge in [-0.25, -0.2) is 0 Å². The van der Waals surface area contributed by atoms with Gasteiger partial charge < -0.3 is 15.2 Å². The fraction of sp³-hybridized carbons (Fsp3) is 0.455. The second kappa shape index (κ2) is 8.09. The Hall–Kier alpha value is -2.40. The lowest BCUT2D eigenvalue weighted by molar-refractivity contribution is 0.101. The van der Waals surface area contributed by atoms with Crippen LogP contribution in [0.4, 0.5) is 5.69 Å². The molecule has 0 saturated carbocycles. The number of allylic oxidation sites excluding steroid dienone is 2. The van der Waals surface area contributed by atoms with Gasteiger partial charge in [0, 0.05) is 17.3 Å². The van der Waals surface area contributed by atoms with Crippen LogP contribution >= 0.6 is 0 Å². The summed E-state index contributed by atoms with van der Waals surface area (Å²) in [5.74, 6) is 1.01. The van der Waals surface area contributed by atoms with E-state index in [-0.39, 0.29) is 5.91 Å². The third kappa shape index (κ3) is 4.14. The lowest BCUT2D eigenvalue weighted by Gasteiger charge is -2.25. The molecular weight excluding hydrogens is 338 g/mol. The molecule has 2 N–H and O–H groups in total. The largest absolute Gasteiger partial charge is 0.361 e. The predicted molar refractivity (Wildman–Crippen MR) is 107 cm³/mol. The smallest absolute Gasteiger partial charge is 0.277 e. The lowest BCUT2D eigenvalue weighted by Crippen LogP contribution is -2.26. The number of rotatable bonds is 4. The van der Waals surface area contributed by atoms with Crippen molar-refractivity contribution in [2.75, 3.05) is 18.4 Å². The van der Waals surface area contributed by atoms with Crippen LogP contribution in [-0.4, -0.2) is 24.2 Å². The zero-order chi connectivity index (χ0) is 18.6. The zero-order valence-electron chi connectivity index (χ0n) is 15.9. The fourth-order valence-electron chi connectivity index (χ4n) is 4.09. The van der Waals surface area contributed by atoms with Crippen molar-refractivity contribution in [1.29, 1.82) is 0 Å². The molecule has 1 aliphatic heterocycles. The molecule has 0 unspecified atom stereocenters. The molecule has 1 aliphatic carbocycles. The lowest BCUT2D eigenvalue weighted by atomic mass is 9.86. The normalized spacial score (nSPS) is 18.2. The molecule has 0 radical (unpaired) electrons. The van der Waals surface area contributed by atoms with E-state index in [1.807, 2.05) is 0 Å². The van der Waals surface area contributed by atoms with E-state index in [1.165, 1.54) is 42.4 Å². The van der Waals surface area contributed by atoms with E-state index in [4.69, 9.17) is 4.52 Å². The number of carbonyl (C=O) groups is 1. The minimum absolute atomic E-state index is 0.223. The molecule has 1 saturated heterocycles. The van der Waals surface area contributed by atoms with Crippen molar-refractivity contribution < 1.29 is 9.32 Å². The summed E-state index contributed by atoms with van der Waals surface area (Å²) in [5, 5.41) is 10.3. The predicted octanol–water partition coefficient (Wildman–Crippen LogP) is 4.66. The second-order valence-electron chi connectivity index (χ2n) is 7.58. The molecule has 5 heteroatoms. The number of carbonyl (C=O) groups excluding carboxylic acids is 1. The highest BCUT2D eigenvalue weighted by Crippen LogP contribution is 2.35. The third-order valence-corrected chi connectivity index (χ3v) is 5.60. The van der Waals surface area contributed by atoms with Gasteiger partial charge in [0.25, 0.3) is 5.91 Å². The number of hydrogen-bond donors (Lipinski definition) is 2. The average Bonchev–Trinajstić information content (AvgIpc) is 3.16. The second-order valence-corrected chi connectivity index (χ2v) is 7.58. The first-order valence-electron chi connectivity index (χ1n) is 9.99. The minimum atomic E-state index is -0.223. The quantitative estimate of drug-likeness (QED) is 0.827. The molecule has 1 aromatic carbocycles. The summed E-state index contributed by atoms with van der Waals surface area (Å²) in [6.07, 6.45) is 9.31.